The number of alkyl halides is 3. The fourth-order valence-corrected chi connectivity index (χ4v) is 2.61. The van der Waals surface area contributed by atoms with Crippen LogP contribution in [0.3, 0.4) is 0 Å². The highest BCUT2D eigenvalue weighted by Crippen LogP contribution is 2.29. The number of aromatic nitrogens is 1. The summed E-state index contributed by atoms with van der Waals surface area (Å²) < 4.78 is 37.6. The van der Waals surface area contributed by atoms with Crippen LogP contribution in [0.2, 0.25) is 0 Å². The lowest BCUT2D eigenvalue weighted by Crippen LogP contribution is -2.19. The number of nitrogens with one attached hydrogen (secondary N) is 1. The van der Waals surface area contributed by atoms with Gasteiger partial charge in [-0.15, -0.1) is 0 Å². The van der Waals surface area contributed by atoms with Crippen LogP contribution in [0, 0.1) is 0 Å². The molecule has 4 nitrogen and oxygen atoms in total. The van der Waals surface area contributed by atoms with Gasteiger partial charge in [-0.05, 0) is 49.2 Å². The number of pyridine rings is 1. The van der Waals surface area contributed by atoms with Crippen LogP contribution in [0.15, 0.2) is 42.6 Å². The standard InChI is InChI=1S/C17H16F3N3O/c18-17(19,20)13-5-3-12(4-6-13)16(24)22-14-7-8-15(21-11-14)23-9-1-2-10-23/h3-8,11H,1-2,9-10H2,(H,22,24). The number of anilines is 2. The Labute approximate surface area is 137 Å². The van der Waals surface area contributed by atoms with E-state index in [0.717, 1.165) is 56.0 Å². The molecule has 1 saturated heterocycles. The molecule has 126 valence electrons. The molecule has 1 aliphatic rings. The molecule has 0 bridgehead atoms. The summed E-state index contributed by atoms with van der Waals surface area (Å²) in [6.45, 7) is 1.95. The first kappa shape index (κ1) is 16.3. The van der Waals surface area contributed by atoms with Crippen molar-refractivity contribution in [2.75, 3.05) is 23.3 Å². The molecule has 1 amide bonds. The predicted molar refractivity (Wildman–Crippen MR) is 85.1 cm³/mol. The summed E-state index contributed by atoms with van der Waals surface area (Å²) in [5.41, 5.74) is -0.120. The molecule has 0 saturated carbocycles. The lowest BCUT2D eigenvalue weighted by molar-refractivity contribution is -0.137. The molecular weight excluding hydrogens is 319 g/mol. The zero-order chi connectivity index (χ0) is 17.2. The average Bonchev–Trinajstić information content (AvgIpc) is 3.09. The van der Waals surface area contributed by atoms with Gasteiger partial charge in [0, 0.05) is 18.7 Å². The van der Waals surface area contributed by atoms with E-state index in [9.17, 15) is 18.0 Å². The van der Waals surface area contributed by atoms with E-state index in [-0.39, 0.29) is 5.56 Å². The van der Waals surface area contributed by atoms with Crippen LogP contribution in [-0.2, 0) is 6.18 Å². The molecule has 1 aromatic heterocycles. The fraction of sp³-hybridized carbons (Fsp3) is 0.294. The Morgan fingerprint density at radius 3 is 2.25 bits per heavy atom. The molecule has 0 aliphatic carbocycles. The van der Waals surface area contributed by atoms with Crippen molar-refractivity contribution in [3.63, 3.8) is 0 Å². The zero-order valence-corrected chi connectivity index (χ0v) is 12.8. The van der Waals surface area contributed by atoms with Crippen molar-refractivity contribution in [3.8, 4) is 0 Å². The maximum Gasteiger partial charge on any atom is 0.416 e. The molecule has 0 radical (unpaired) electrons. The third-order valence-corrected chi connectivity index (χ3v) is 3.91. The maximum absolute atomic E-state index is 12.5. The van der Waals surface area contributed by atoms with E-state index in [4.69, 9.17) is 0 Å². The number of halogens is 3. The van der Waals surface area contributed by atoms with Crippen LogP contribution < -0.4 is 10.2 Å². The first-order valence-corrected chi connectivity index (χ1v) is 7.63. The Kier molecular flexibility index (Phi) is 4.42. The minimum atomic E-state index is -4.41. The van der Waals surface area contributed by atoms with Crippen molar-refractivity contribution in [2.24, 2.45) is 0 Å². The number of rotatable bonds is 3. The van der Waals surface area contributed by atoms with E-state index < -0.39 is 17.6 Å². The van der Waals surface area contributed by atoms with E-state index in [1.54, 1.807) is 12.3 Å². The molecule has 1 aliphatic heterocycles. The van der Waals surface area contributed by atoms with Gasteiger partial charge in [-0.3, -0.25) is 4.79 Å². The Hall–Kier alpha value is -2.57. The van der Waals surface area contributed by atoms with Gasteiger partial charge in [-0.1, -0.05) is 0 Å². The van der Waals surface area contributed by atoms with Gasteiger partial charge < -0.3 is 10.2 Å². The molecule has 1 aromatic carbocycles. The van der Waals surface area contributed by atoms with Gasteiger partial charge in [0.05, 0.1) is 17.4 Å². The van der Waals surface area contributed by atoms with E-state index in [1.165, 1.54) is 0 Å². The molecule has 2 aromatic rings. The highest BCUT2D eigenvalue weighted by Gasteiger charge is 2.30. The van der Waals surface area contributed by atoms with Gasteiger partial charge in [0.15, 0.2) is 0 Å². The summed E-state index contributed by atoms with van der Waals surface area (Å²) in [6, 6.07) is 7.66. The largest absolute Gasteiger partial charge is 0.416 e. The van der Waals surface area contributed by atoms with Gasteiger partial charge in [0.1, 0.15) is 5.82 Å². The third kappa shape index (κ3) is 3.67. The summed E-state index contributed by atoms with van der Waals surface area (Å²) in [5.74, 6) is 0.388. The molecule has 7 heteroatoms. The van der Waals surface area contributed by atoms with Gasteiger partial charge in [-0.25, -0.2) is 4.98 Å². The van der Waals surface area contributed by atoms with Crippen LogP contribution in [0.1, 0.15) is 28.8 Å². The maximum atomic E-state index is 12.5. The quantitative estimate of drug-likeness (QED) is 0.924. The van der Waals surface area contributed by atoms with E-state index in [2.05, 4.69) is 15.2 Å². The van der Waals surface area contributed by atoms with Crippen LogP contribution in [0.4, 0.5) is 24.7 Å². The number of hydrogen-bond acceptors (Lipinski definition) is 3. The van der Waals surface area contributed by atoms with Crippen molar-refractivity contribution >= 4 is 17.4 Å². The summed E-state index contributed by atoms with van der Waals surface area (Å²) in [7, 11) is 0. The van der Waals surface area contributed by atoms with Gasteiger partial charge in [0.2, 0.25) is 0 Å². The van der Waals surface area contributed by atoms with Crippen molar-refractivity contribution < 1.29 is 18.0 Å². The second-order valence-corrected chi connectivity index (χ2v) is 5.63. The lowest BCUT2D eigenvalue weighted by Gasteiger charge is -2.16. The molecule has 0 spiro atoms. The number of hydrogen-bond donors (Lipinski definition) is 1. The number of benzene rings is 1. The van der Waals surface area contributed by atoms with Crippen molar-refractivity contribution in [3.05, 3.63) is 53.7 Å². The Morgan fingerprint density at radius 2 is 1.71 bits per heavy atom. The van der Waals surface area contributed by atoms with Crippen molar-refractivity contribution in [1.82, 2.24) is 4.98 Å². The van der Waals surface area contributed by atoms with Gasteiger partial charge >= 0.3 is 6.18 Å². The number of carbonyl (C=O) groups is 1. The molecule has 1 fully saturated rings. The minimum absolute atomic E-state index is 0.159. The van der Waals surface area contributed by atoms with E-state index in [0.29, 0.717) is 5.69 Å². The second kappa shape index (κ2) is 6.51. The summed E-state index contributed by atoms with van der Waals surface area (Å²) in [4.78, 5) is 18.6. The highest BCUT2D eigenvalue weighted by atomic mass is 19.4. The molecule has 0 atom stereocenters. The monoisotopic (exact) mass is 335 g/mol. The number of amides is 1. The Bertz CT molecular complexity index is 705. The molecule has 3 rings (SSSR count). The van der Waals surface area contributed by atoms with Gasteiger partial charge in [0.25, 0.3) is 5.91 Å². The first-order valence-electron chi connectivity index (χ1n) is 7.63. The SMILES string of the molecule is O=C(Nc1ccc(N2CCCC2)nc1)c1ccc(C(F)(F)F)cc1. The summed E-state index contributed by atoms with van der Waals surface area (Å²) in [5, 5.41) is 2.63. The normalized spacial score (nSPS) is 14.7. The molecular formula is C17H16F3N3O. The third-order valence-electron chi connectivity index (χ3n) is 3.91. The first-order chi connectivity index (χ1) is 11.4. The molecule has 2 heterocycles. The molecule has 1 N–H and O–H groups in total. The summed E-state index contributed by atoms with van der Waals surface area (Å²) in [6.07, 6.45) is -0.567. The zero-order valence-electron chi connectivity index (χ0n) is 12.8. The van der Waals surface area contributed by atoms with Crippen molar-refractivity contribution in [2.45, 2.75) is 19.0 Å². The minimum Gasteiger partial charge on any atom is -0.357 e. The van der Waals surface area contributed by atoms with Crippen LogP contribution in [0.25, 0.3) is 0 Å². The second-order valence-electron chi connectivity index (χ2n) is 5.63. The fourth-order valence-electron chi connectivity index (χ4n) is 2.61. The smallest absolute Gasteiger partial charge is 0.357 e. The van der Waals surface area contributed by atoms with E-state index >= 15 is 0 Å². The number of nitrogens with zero attached hydrogens (tertiary/aromatic N) is 2. The average molecular weight is 335 g/mol. The Morgan fingerprint density at radius 1 is 1.04 bits per heavy atom. The van der Waals surface area contributed by atoms with Crippen LogP contribution in [-0.4, -0.2) is 24.0 Å². The highest BCUT2D eigenvalue weighted by molar-refractivity contribution is 6.04. The van der Waals surface area contributed by atoms with Crippen LogP contribution >= 0.6 is 0 Å². The Balaban J connectivity index is 1.66. The van der Waals surface area contributed by atoms with Gasteiger partial charge in [-0.2, -0.15) is 13.2 Å². The van der Waals surface area contributed by atoms with Crippen LogP contribution in [0.5, 0.6) is 0 Å². The van der Waals surface area contributed by atoms with E-state index in [1.807, 2.05) is 6.07 Å². The van der Waals surface area contributed by atoms with Crippen molar-refractivity contribution in [1.29, 1.82) is 0 Å². The number of carbonyl (C=O) groups excluding carboxylic acids is 1. The molecule has 0 unspecified atom stereocenters. The predicted octanol–water partition coefficient (Wildman–Crippen LogP) is 3.95. The topological polar surface area (TPSA) is 45.2 Å². The lowest BCUT2D eigenvalue weighted by atomic mass is 10.1. The molecule has 24 heavy (non-hydrogen) atoms. The summed E-state index contributed by atoms with van der Waals surface area (Å²) >= 11 is 0.